The topological polar surface area (TPSA) is 59.1 Å². The Morgan fingerprint density at radius 3 is 2.62 bits per heavy atom. The van der Waals surface area contributed by atoms with Crippen LogP contribution in [0, 0.1) is 5.92 Å². The normalized spacial score (nSPS) is 24.7. The fraction of sp³-hybridized carbons (Fsp3) is 0.600. The van der Waals surface area contributed by atoms with E-state index in [0.717, 1.165) is 30.6 Å². The molecule has 3 aliphatic rings. The molecule has 0 radical (unpaired) electrons. The van der Waals surface area contributed by atoms with Gasteiger partial charge in [-0.15, -0.1) is 0 Å². The van der Waals surface area contributed by atoms with Crippen molar-refractivity contribution in [1.82, 2.24) is 9.80 Å². The summed E-state index contributed by atoms with van der Waals surface area (Å²) in [5.74, 6) is 1.13. The summed E-state index contributed by atoms with van der Waals surface area (Å²) in [6.45, 7) is 5.33. The fourth-order valence-corrected chi connectivity index (χ4v) is 4.21. The van der Waals surface area contributed by atoms with Gasteiger partial charge < -0.3 is 19.3 Å². The van der Waals surface area contributed by atoms with Gasteiger partial charge in [-0.05, 0) is 12.5 Å². The van der Waals surface area contributed by atoms with Gasteiger partial charge in [0.2, 0.25) is 11.8 Å². The van der Waals surface area contributed by atoms with Crippen molar-refractivity contribution in [2.75, 3.05) is 32.8 Å². The van der Waals surface area contributed by atoms with Gasteiger partial charge in [-0.1, -0.05) is 18.2 Å². The molecule has 0 saturated carbocycles. The molecule has 0 aromatic heterocycles. The number of nitrogens with zero attached hydrogens (tertiary/aromatic N) is 2. The van der Waals surface area contributed by atoms with Crippen LogP contribution in [0.5, 0.6) is 5.75 Å². The highest BCUT2D eigenvalue weighted by Gasteiger charge is 2.43. The largest absolute Gasteiger partial charge is 0.485 e. The first-order chi connectivity index (χ1) is 12.6. The van der Waals surface area contributed by atoms with E-state index >= 15 is 0 Å². The summed E-state index contributed by atoms with van der Waals surface area (Å²) < 4.78 is 11.8. The molecule has 0 N–H and O–H groups in total. The third-order valence-electron chi connectivity index (χ3n) is 5.85. The number of fused-ring (bicyclic) bond motifs is 1. The Labute approximate surface area is 154 Å². The van der Waals surface area contributed by atoms with Crippen LogP contribution in [0.1, 0.15) is 31.7 Å². The third kappa shape index (κ3) is 3.30. The summed E-state index contributed by atoms with van der Waals surface area (Å²) in [6, 6.07) is 7.94. The molecular weight excluding hydrogens is 332 g/mol. The highest BCUT2D eigenvalue weighted by atomic mass is 16.5. The van der Waals surface area contributed by atoms with Crippen molar-refractivity contribution in [1.29, 1.82) is 0 Å². The maximum absolute atomic E-state index is 12.7. The van der Waals surface area contributed by atoms with Gasteiger partial charge in [-0.3, -0.25) is 9.59 Å². The number of carbonyl (C=O) groups excluding carboxylic acids is 2. The number of hydrogen-bond donors (Lipinski definition) is 0. The van der Waals surface area contributed by atoms with Crippen LogP contribution < -0.4 is 4.74 Å². The number of ether oxygens (including phenoxy) is 2. The number of rotatable bonds is 1. The Hall–Kier alpha value is -2.08. The highest BCUT2D eigenvalue weighted by Crippen LogP contribution is 2.36. The third-order valence-corrected chi connectivity index (χ3v) is 5.85. The first-order valence-electron chi connectivity index (χ1n) is 9.45. The molecule has 0 unspecified atom stereocenters. The van der Waals surface area contributed by atoms with E-state index in [1.807, 2.05) is 34.1 Å². The van der Waals surface area contributed by atoms with Crippen molar-refractivity contribution in [2.45, 2.75) is 38.3 Å². The molecule has 1 aromatic carbocycles. The van der Waals surface area contributed by atoms with E-state index in [2.05, 4.69) is 0 Å². The van der Waals surface area contributed by atoms with Gasteiger partial charge in [-0.2, -0.15) is 0 Å². The molecule has 0 aliphatic carbocycles. The lowest BCUT2D eigenvalue weighted by molar-refractivity contribution is -0.141. The summed E-state index contributed by atoms with van der Waals surface area (Å²) >= 11 is 0. The number of piperidine rings is 1. The number of benzene rings is 1. The van der Waals surface area contributed by atoms with E-state index in [1.54, 1.807) is 6.92 Å². The minimum Gasteiger partial charge on any atom is -0.485 e. The maximum Gasteiger partial charge on any atom is 0.228 e. The molecule has 0 bridgehead atoms. The van der Waals surface area contributed by atoms with E-state index < -0.39 is 5.60 Å². The zero-order chi connectivity index (χ0) is 18.1. The first kappa shape index (κ1) is 17.3. The SMILES string of the molecule is CC(=O)N1Cc2ccccc2OC2(CCN(C(=O)[C@H]3CCOC3)CC2)C1. The van der Waals surface area contributed by atoms with Crippen LogP contribution in [-0.4, -0.2) is 60.1 Å². The smallest absolute Gasteiger partial charge is 0.228 e. The van der Waals surface area contributed by atoms with Crippen molar-refractivity contribution < 1.29 is 19.1 Å². The van der Waals surface area contributed by atoms with E-state index in [1.165, 1.54) is 0 Å². The monoisotopic (exact) mass is 358 g/mol. The quantitative estimate of drug-likeness (QED) is 0.768. The fourth-order valence-electron chi connectivity index (χ4n) is 4.21. The van der Waals surface area contributed by atoms with Gasteiger partial charge >= 0.3 is 0 Å². The standard InChI is InChI=1S/C20H26N2O4/c1-15(23)22-12-16-4-2-3-5-18(16)26-20(14-22)7-9-21(10-8-20)19(24)17-6-11-25-13-17/h2-5,17H,6-14H2,1H3/t17-/m0/s1. The van der Waals surface area contributed by atoms with E-state index in [0.29, 0.717) is 39.4 Å². The van der Waals surface area contributed by atoms with Crippen molar-refractivity contribution in [2.24, 2.45) is 5.92 Å². The molecule has 2 amide bonds. The number of para-hydroxylation sites is 1. The van der Waals surface area contributed by atoms with Crippen LogP contribution in [0.4, 0.5) is 0 Å². The number of likely N-dealkylation sites (tertiary alicyclic amines) is 1. The molecule has 3 aliphatic heterocycles. The average molecular weight is 358 g/mol. The second-order valence-electron chi connectivity index (χ2n) is 7.65. The van der Waals surface area contributed by atoms with Gasteiger partial charge in [0, 0.05) is 51.6 Å². The maximum atomic E-state index is 12.7. The number of hydrogen-bond acceptors (Lipinski definition) is 4. The molecule has 1 spiro atoms. The minimum atomic E-state index is -0.415. The summed E-state index contributed by atoms with van der Waals surface area (Å²) in [5.41, 5.74) is 0.627. The number of amides is 2. The van der Waals surface area contributed by atoms with Gasteiger partial charge in [0.15, 0.2) is 0 Å². The second kappa shape index (κ2) is 6.91. The molecule has 3 heterocycles. The Balaban J connectivity index is 1.51. The van der Waals surface area contributed by atoms with Crippen molar-refractivity contribution in [3.05, 3.63) is 29.8 Å². The molecule has 4 rings (SSSR count). The molecule has 2 saturated heterocycles. The Morgan fingerprint density at radius 2 is 1.92 bits per heavy atom. The highest BCUT2D eigenvalue weighted by molar-refractivity contribution is 5.79. The first-order valence-corrected chi connectivity index (χ1v) is 9.45. The lowest BCUT2D eigenvalue weighted by Crippen LogP contribution is -2.55. The van der Waals surface area contributed by atoms with Gasteiger partial charge in [0.25, 0.3) is 0 Å². The van der Waals surface area contributed by atoms with Crippen LogP contribution in [0.3, 0.4) is 0 Å². The molecule has 6 nitrogen and oxygen atoms in total. The molecule has 26 heavy (non-hydrogen) atoms. The van der Waals surface area contributed by atoms with Crippen LogP contribution in [-0.2, 0) is 20.9 Å². The zero-order valence-corrected chi connectivity index (χ0v) is 15.3. The number of carbonyl (C=O) groups is 2. The van der Waals surface area contributed by atoms with Crippen LogP contribution in [0.25, 0.3) is 0 Å². The molecule has 140 valence electrons. The van der Waals surface area contributed by atoms with Crippen LogP contribution in [0.15, 0.2) is 24.3 Å². The predicted octanol–water partition coefficient (Wildman–Crippen LogP) is 1.83. The molecule has 6 heteroatoms. The second-order valence-corrected chi connectivity index (χ2v) is 7.65. The van der Waals surface area contributed by atoms with Crippen molar-refractivity contribution in [3.63, 3.8) is 0 Å². The van der Waals surface area contributed by atoms with Gasteiger partial charge in [-0.25, -0.2) is 0 Å². The lowest BCUT2D eigenvalue weighted by Gasteiger charge is -2.43. The van der Waals surface area contributed by atoms with E-state index in [4.69, 9.17) is 9.47 Å². The Morgan fingerprint density at radius 1 is 1.15 bits per heavy atom. The molecule has 1 atom stereocenters. The van der Waals surface area contributed by atoms with E-state index in [-0.39, 0.29) is 17.7 Å². The molecular formula is C20H26N2O4. The van der Waals surface area contributed by atoms with Gasteiger partial charge in [0.1, 0.15) is 11.4 Å². The average Bonchev–Trinajstić information content (AvgIpc) is 3.12. The summed E-state index contributed by atoms with van der Waals surface area (Å²) in [7, 11) is 0. The predicted molar refractivity (Wildman–Crippen MR) is 95.6 cm³/mol. The Bertz CT molecular complexity index is 691. The Kier molecular flexibility index (Phi) is 4.61. The van der Waals surface area contributed by atoms with Crippen LogP contribution >= 0.6 is 0 Å². The van der Waals surface area contributed by atoms with Crippen molar-refractivity contribution in [3.8, 4) is 5.75 Å². The van der Waals surface area contributed by atoms with E-state index in [9.17, 15) is 9.59 Å². The van der Waals surface area contributed by atoms with Crippen LogP contribution in [0.2, 0.25) is 0 Å². The van der Waals surface area contributed by atoms with Crippen molar-refractivity contribution >= 4 is 11.8 Å². The minimum absolute atomic E-state index is 0.00791. The van der Waals surface area contributed by atoms with Gasteiger partial charge in [0.05, 0.1) is 19.1 Å². The summed E-state index contributed by atoms with van der Waals surface area (Å²) in [4.78, 5) is 28.6. The zero-order valence-electron chi connectivity index (χ0n) is 15.3. The molecule has 2 fully saturated rings. The summed E-state index contributed by atoms with van der Waals surface area (Å²) in [6.07, 6.45) is 2.30. The summed E-state index contributed by atoms with van der Waals surface area (Å²) in [5, 5.41) is 0. The molecule has 1 aromatic rings. The lowest BCUT2D eigenvalue weighted by atomic mass is 9.89.